The van der Waals surface area contributed by atoms with E-state index in [1.54, 1.807) is 36.1 Å². The fourth-order valence-corrected chi connectivity index (χ4v) is 3.69. The summed E-state index contributed by atoms with van der Waals surface area (Å²) < 4.78 is 6.42. The lowest BCUT2D eigenvalue weighted by molar-refractivity contribution is -0.139. The van der Waals surface area contributed by atoms with Gasteiger partial charge in [-0.05, 0) is 37.3 Å². The Morgan fingerprint density at radius 1 is 1.17 bits per heavy atom. The normalized spacial score (nSPS) is 11.6. The Morgan fingerprint density at radius 2 is 1.93 bits per heavy atom. The summed E-state index contributed by atoms with van der Waals surface area (Å²) in [6.45, 7) is 1.74. The second-order valence-electron chi connectivity index (χ2n) is 6.67. The number of rotatable bonds is 7. The van der Waals surface area contributed by atoms with E-state index in [9.17, 15) is 9.59 Å². The molecule has 3 rings (SSSR count). The molecule has 1 heterocycles. The minimum Gasteiger partial charge on any atom is -0.468 e. The molecule has 0 spiro atoms. The number of methoxy groups -OCH3 is 1. The van der Waals surface area contributed by atoms with Gasteiger partial charge in [0.15, 0.2) is 0 Å². The van der Waals surface area contributed by atoms with Crippen molar-refractivity contribution >= 4 is 35.3 Å². The van der Waals surface area contributed by atoms with E-state index in [1.165, 1.54) is 18.9 Å². The Hall–Kier alpha value is -3.33. The quantitative estimate of drug-likeness (QED) is 0.459. The van der Waals surface area contributed by atoms with Crippen LogP contribution in [-0.2, 0) is 9.53 Å². The Bertz CT molecular complexity index is 1050. The molecule has 2 aromatic carbocycles. The lowest BCUT2D eigenvalue weighted by atomic mass is 10.2. The van der Waals surface area contributed by atoms with Crippen LogP contribution in [0.4, 0.5) is 11.6 Å². The van der Waals surface area contributed by atoms with E-state index in [0.717, 1.165) is 5.69 Å². The van der Waals surface area contributed by atoms with Gasteiger partial charge in [0.2, 0.25) is 5.95 Å². The van der Waals surface area contributed by atoms with Crippen molar-refractivity contribution in [3.63, 3.8) is 0 Å². The Labute approximate surface area is 179 Å². The van der Waals surface area contributed by atoms with Crippen molar-refractivity contribution in [3.8, 4) is 5.69 Å². The molecule has 0 fully saturated rings. The number of nitrogens with zero attached hydrogens (tertiary/aromatic N) is 4. The summed E-state index contributed by atoms with van der Waals surface area (Å²) in [7, 11) is 5.08. The number of anilines is 2. The van der Waals surface area contributed by atoms with Gasteiger partial charge < -0.3 is 15.0 Å². The van der Waals surface area contributed by atoms with Crippen LogP contribution in [0, 0.1) is 0 Å². The molecule has 1 atom stereocenters. The molecule has 1 aromatic heterocycles. The summed E-state index contributed by atoms with van der Waals surface area (Å²) in [5.41, 5.74) is 1.88. The van der Waals surface area contributed by atoms with Crippen LogP contribution >= 0.6 is 11.8 Å². The third-order valence-electron chi connectivity index (χ3n) is 4.22. The lowest BCUT2D eigenvalue weighted by Gasteiger charge is -2.13. The van der Waals surface area contributed by atoms with Gasteiger partial charge in [-0.3, -0.25) is 9.59 Å². The van der Waals surface area contributed by atoms with E-state index in [-0.39, 0.29) is 11.9 Å². The minimum absolute atomic E-state index is 0.264. The van der Waals surface area contributed by atoms with E-state index in [4.69, 9.17) is 4.74 Å². The standard InChI is InChI=1S/C21H23N5O3S/c1-14(20(28)29-4)30-18-11-6-5-10-17(18)19(27)23-15-8-7-9-16(12-15)26-13-22-21(24-26)25(2)3/h5-14H,1-4H3,(H,23,27). The topological polar surface area (TPSA) is 89.3 Å². The van der Waals surface area contributed by atoms with Gasteiger partial charge in [0.25, 0.3) is 5.91 Å². The molecular formula is C21H23N5O3S. The van der Waals surface area contributed by atoms with Gasteiger partial charge in [-0.25, -0.2) is 4.68 Å². The maximum atomic E-state index is 12.9. The van der Waals surface area contributed by atoms with Crippen LogP contribution in [0.5, 0.6) is 0 Å². The number of ether oxygens (including phenoxy) is 1. The fraction of sp³-hybridized carbons (Fsp3) is 0.238. The first-order valence-corrected chi connectivity index (χ1v) is 10.1. The van der Waals surface area contributed by atoms with E-state index in [2.05, 4.69) is 15.4 Å². The van der Waals surface area contributed by atoms with Crippen molar-refractivity contribution in [2.45, 2.75) is 17.1 Å². The zero-order valence-electron chi connectivity index (χ0n) is 17.2. The predicted molar refractivity (Wildman–Crippen MR) is 117 cm³/mol. The number of aromatic nitrogens is 3. The first-order valence-electron chi connectivity index (χ1n) is 9.23. The van der Waals surface area contributed by atoms with Gasteiger partial charge in [0.05, 0.1) is 18.4 Å². The molecule has 0 aliphatic carbocycles. The molecule has 9 heteroatoms. The molecule has 8 nitrogen and oxygen atoms in total. The second kappa shape index (κ2) is 9.45. The molecular weight excluding hydrogens is 402 g/mol. The highest BCUT2D eigenvalue weighted by Gasteiger charge is 2.19. The number of amides is 1. The molecule has 1 unspecified atom stereocenters. The van der Waals surface area contributed by atoms with Crippen LogP contribution in [0.15, 0.2) is 59.8 Å². The number of esters is 1. The van der Waals surface area contributed by atoms with Gasteiger partial charge in [-0.15, -0.1) is 16.9 Å². The van der Waals surface area contributed by atoms with Gasteiger partial charge in [0.1, 0.15) is 11.6 Å². The average Bonchev–Trinajstić information content (AvgIpc) is 3.24. The van der Waals surface area contributed by atoms with E-state index in [0.29, 0.717) is 22.1 Å². The smallest absolute Gasteiger partial charge is 0.318 e. The maximum Gasteiger partial charge on any atom is 0.318 e. The number of carbonyl (C=O) groups excluding carboxylic acids is 2. The van der Waals surface area contributed by atoms with E-state index in [1.807, 2.05) is 49.3 Å². The monoisotopic (exact) mass is 425 g/mol. The fourth-order valence-electron chi connectivity index (χ4n) is 2.67. The van der Waals surface area contributed by atoms with Crippen molar-refractivity contribution in [1.29, 1.82) is 0 Å². The molecule has 0 saturated carbocycles. The Balaban J connectivity index is 1.79. The zero-order chi connectivity index (χ0) is 21.7. The Morgan fingerprint density at radius 3 is 2.63 bits per heavy atom. The molecule has 0 radical (unpaired) electrons. The Kier molecular flexibility index (Phi) is 6.73. The first kappa shape index (κ1) is 21.4. The summed E-state index contributed by atoms with van der Waals surface area (Å²) >= 11 is 1.28. The third-order valence-corrected chi connectivity index (χ3v) is 5.37. The van der Waals surface area contributed by atoms with Crippen LogP contribution in [0.1, 0.15) is 17.3 Å². The van der Waals surface area contributed by atoms with Crippen molar-refractivity contribution in [2.75, 3.05) is 31.4 Å². The molecule has 30 heavy (non-hydrogen) atoms. The molecule has 0 bridgehead atoms. The summed E-state index contributed by atoms with van der Waals surface area (Å²) in [6, 6.07) is 14.5. The third kappa shape index (κ3) is 4.98. The van der Waals surface area contributed by atoms with Gasteiger partial charge >= 0.3 is 5.97 Å². The van der Waals surface area contributed by atoms with Crippen molar-refractivity contribution in [1.82, 2.24) is 14.8 Å². The summed E-state index contributed by atoms with van der Waals surface area (Å²) in [6.07, 6.45) is 1.62. The van der Waals surface area contributed by atoms with Crippen molar-refractivity contribution < 1.29 is 14.3 Å². The van der Waals surface area contributed by atoms with Crippen LogP contribution in [-0.4, -0.2) is 53.1 Å². The number of thioether (sulfide) groups is 1. The van der Waals surface area contributed by atoms with Crippen LogP contribution in [0.25, 0.3) is 5.69 Å². The predicted octanol–water partition coefficient (Wildman–Crippen LogP) is 3.24. The number of carbonyl (C=O) groups is 2. The van der Waals surface area contributed by atoms with Crippen LogP contribution in [0.2, 0.25) is 0 Å². The molecule has 0 saturated heterocycles. The molecule has 1 amide bonds. The SMILES string of the molecule is COC(=O)C(C)Sc1ccccc1C(=O)Nc1cccc(-n2cnc(N(C)C)n2)c1. The van der Waals surface area contributed by atoms with E-state index < -0.39 is 5.25 Å². The molecule has 3 aromatic rings. The van der Waals surface area contributed by atoms with E-state index >= 15 is 0 Å². The lowest BCUT2D eigenvalue weighted by Crippen LogP contribution is -2.17. The highest BCUT2D eigenvalue weighted by atomic mass is 32.2. The molecule has 0 aliphatic rings. The maximum absolute atomic E-state index is 12.9. The van der Waals surface area contributed by atoms with Crippen LogP contribution in [0.3, 0.4) is 0 Å². The highest BCUT2D eigenvalue weighted by molar-refractivity contribution is 8.00. The molecule has 1 N–H and O–H groups in total. The second-order valence-corrected chi connectivity index (χ2v) is 8.05. The highest BCUT2D eigenvalue weighted by Crippen LogP contribution is 2.28. The zero-order valence-corrected chi connectivity index (χ0v) is 18.0. The minimum atomic E-state index is -0.425. The summed E-state index contributed by atoms with van der Waals surface area (Å²) in [4.78, 5) is 31.4. The van der Waals surface area contributed by atoms with Crippen molar-refractivity contribution in [3.05, 3.63) is 60.4 Å². The number of hydrogen-bond acceptors (Lipinski definition) is 7. The summed E-state index contributed by atoms with van der Waals surface area (Å²) in [5, 5.41) is 6.89. The van der Waals surface area contributed by atoms with Gasteiger partial charge in [-0.2, -0.15) is 4.98 Å². The molecule has 156 valence electrons. The number of benzene rings is 2. The number of nitrogens with one attached hydrogen (secondary N) is 1. The summed E-state index contributed by atoms with van der Waals surface area (Å²) in [5.74, 6) is -0.0113. The van der Waals surface area contributed by atoms with Gasteiger partial charge in [0, 0.05) is 24.7 Å². The number of hydrogen-bond donors (Lipinski definition) is 1. The average molecular weight is 426 g/mol. The van der Waals surface area contributed by atoms with Crippen molar-refractivity contribution in [2.24, 2.45) is 0 Å². The molecule has 0 aliphatic heterocycles. The largest absolute Gasteiger partial charge is 0.468 e. The first-order chi connectivity index (χ1) is 14.4. The van der Waals surface area contributed by atoms with Crippen LogP contribution < -0.4 is 10.2 Å². The van der Waals surface area contributed by atoms with Gasteiger partial charge in [-0.1, -0.05) is 18.2 Å².